The van der Waals surface area contributed by atoms with Crippen molar-refractivity contribution >= 4 is 11.9 Å². The Hall–Kier alpha value is -2.28. The minimum absolute atomic E-state index is 0.0491. The zero-order valence-corrected chi connectivity index (χ0v) is 19.6. The lowest BCUT2D eigenvalue weighted by molar-refractivity contribution is -0.123. The number of nitrogens with one attached hydrogen (secondary N) is 3. The summed E-state index contributed by atoms with van der Waals surface area (Å²) >= 11 is 0. The Labute approximate surface area is 187 Å². The molecule has 3 N–H and O–H groups in total. The largest absolute Gasteiger partial charge is 0.484 e. The van der Waals surface area contributed by atoms with Gasteiger partial charge in [0.05, 0.1) is 6.10 Å². The predicted molar refractivity (Wildman–Crippen MR) is 126 cm³/mol. The summed E-state index contributed by atoms with van der Waals surface area (Å²) in [6.07, 6.45) is 4.21. The third-order valence-corrected chi connectivity index (χ3v) is 5.09. The van der Waals surface area contributed by atoms with Crippen molar-refractivity contribution in [3.05, 3.63) is 29.8 Å². The summed E-state index contributed by atoms with van der Waals surface area (Å²) in [7, 11) is 0. The van der Waals surface area contributed by atoms with Gasteiger partial charge < -0.3 is 25.4 Å². The highest BCUT2D eigenvalue weighted by Gasteiger charge is 2.23. The monoisotopic (exact) mass is 432 g/mol. The molecule has 0 heterocycles. The number of guanidine groups is 1. The number of rotatable bonds is 14. The number of benzene rings is 1. The highest BCUT2D eigenvalue weighted by molar-refractivity contribution is 5.79. The van der Waals surface area contributed by atoms with E-state index in [1.165, 1.54) is 5.56 Å². The lowest BCUT2D eigenvalue weighted by Crippen LogP contribution is -2.38. The van der Waals surface area contributed by atoms with E-state index in [-0.39, 0.29) is 18.6 Å². The third kappa shape index (κ3) is 10.5. The molecule has 2 rings (SSSR count). The standard InChI is InChI=1S/C24H40N4O3/c1-5-25-24(27-16-14-22(18(3)4)30-6-2)26-15-13-19-7-11-21(12-8-19)31-17-23(29)28-20-9-10-20/h7-8,11-12,18,20,22H,5-6,9-10,13-17H2,1-4H3,(H,28,29)(H2,25,26,27). The maximum absolute atomic E-state index is 11.7. The van der Waals surface area contributed by atoms with Crippen LogP contribution in [0, 0.1) is 5.92 Å². The summed E-state index contributed by atoms with van der Waals surface area (Å²) in [5, 5.41) is 9.62. The van der Waals surface area contributed by atoms with Crippen LogP contribution in [-0.2, 0) is 16.0 Å². The van der Waals surface area contributed by atoms with Gasteiger partial charge >= 0.3 is 0 Å². The van der Waals surface area contributed by atoms with E-state index in [4.69, 9.17) is 9.47 Å². The molecule has 1 aliphatic carbocycles. The van der Waals surface area contributed by atoms with Crippen LogP contribution in [0.3, 0.4) is 0 Å². The number of aliphatic imine (C=N–C) groups is 1. The molecule has 0 aliphatic heterocycles. The smallest absolute Gasteiger partial charge is 0.258 e. The van der Waals surface area contributed by atoms with Gasteiger partial charge in [0.2, 0.25) is 0 Å². The van der Waals surface area contributed by atoms with E-state index in [2.05, 4.69) is 41.7 Å². The summed E-state index contributed by atoms with van der Waals surface area (Å²) < 4.78 is 11.4. The van der Waals surface area contributed by atoms with Gasteiger partial charge in [-0.2, -0.15) is 0 Å². The molecular weight excluding hydrogens is 392 g/mol. The number of amides is 1. The van der Waals surface area contributed by atoms with Crippen LogP contribution in [0.2, 0.25) is 0 Å². The van der Waals surface area contributed by atoms with Gasteiger partial charge in [-0.05, 0) is 63.1 Å². The van der Waals surface area contributed by atoms with Gasteiger partial charge in [-0.1, -0.05) is 26.0 Å². The Bertz CT molecular complexity index is 672. The van der Waals surface area contributed by atoms with Crippen molar-refractivity contribution in [1.82, 2.24) is 16.0 Å². The number of carbonyl (C=O) groups excluding carboxylic acids is 1. The Balaban J connectivity index is 1.71. The zero-order valence-electron chi connectivity index (χ0n) is 19.6. The van der Waals surface area contributed by atoms with Crippen molar-refractivity contribution in [3.8, 4) is 5.75 Å². The molecule has 1 saturated carbocycles. The van der Waals surface area contributed by atoms with Gasteiger partial charge in [0.25, 0.3) is 5.91 Å². The van der Waals surface area contributed by atoms with Gasteiger partial charge in [-0.15, -0.1) is 0 Å². The molecule has 7 heteroatoms. The maximum Gasteiger partial charge on any atom is 0.258 e. The average molecular weight is 433 g/mol. The lowest BCUT2D eigenvalue weighted by atomic mass is 10.0. The summed E-state index contributed by atoms with van der Waals surface area (Å²) in [4.78, 5) is 16.4. The van der Waals surface area contributed by atoms with Gasteiger partial charge in [-0.3, -0.25) is 9.79 Å². The molecule has 1 fully saturated rings. The van der Waals surface area contributed by atoms with Gasteiger partial charge in [0, 0.05) is 32.3 Å². The molecule has 1 aromatic rings. The highest BCUT2D eigenvalue weighted by Crippen LogP contribution is 2.18. The molecule has 1 amide bonds. The van der Waals surface area contributed by atoms with Gasteiger partial charge in [-0.25, -0.2) is 0 Å². The molecule has 0 aromatic heterocycles. The second kappa shape index (κ2) is 13.9. The second-order valence-electron chi connectivity index (χ2n) is 8.24. The molecule has 31 heavy (non-hydrogen) atoms. The maximum atomic E-state index is 11.7. The molecule has 1 aliphatic rings. The molecule has 0 radical (unpaired) electrons. The van der Waals surface area contributed by atoms with E-state index in [1.54, 1.807) is 0 Å². The first-order chi connectivity index (χ1) is 15.0. The Morgan fingerprint density at radius 1 is 1.16 bits per heavy atom. The fraction of sp³-hybridized carbons (Fsp3) is 0.667. The minimum atomic E-state index is -0.0491. The summed E-state index contributed by atoms with van der Waals surface area (Å²) in [5.41, 5.74) is 1.20. The Morgan fingerprint density at radius 2 is 1.90 bits per heavy atom. The van der Waals surface area contributed by atoms with Crippen LogP contribution in [-0.4, -0.2) is 56.9 Å². The molecular formula is C24H40N4O3. The van der Waals surface area contributed by atoms with Crippen molar-refractivity contribution in [3.63, 3.8) is 0 Å². The van der Waals surface area contributed by atoms with Crippen molar-refractivity contribution < 1.29 is 14.3 Å². The number of ether oxygens (including phenoxy) is 2. The number of nitrogens with zero attached hydrogens (tertiary/aromatic N) is 1. The van der Waals surface area contributed by atoms with E-state index >= 15 is 0 Å². The Morgan fingerprint density at radius 3 is 2.52 bits per heavy atom. The fourth-order valence-electron chi connectivity index (χ4n) is 3.19. The van der Waals surface area contributed by atoms with E-state index < -0.39 is 0 Å². The fourth-order valence-corrected chi connectivity index (χ4v) is 3.19. The first kappa shape index (κ1) is 25.0. The van der Waals surface area contributed by atoms with Crippen molar-refractivity contribution in [2.75, 3.05) is 32.8 Å². The van der Waals surface area contributed by atoms with Crippen LogP contribution in [0.5, 0.6) is 5.75 Å². The summed E-state index contributed by atoms with van der Waals surface area (Å²) in [5.74, 6) is 1.99. The van der Waals surface area contributed by atoms with Crippen molar-refractivity contribution in [1.29, 1.82) is 0 Å². The van der Waals surface area contributed by atoms with Gasteiger partial charge in [0.1, 0.15) is 5.75 Å². The van der Waals surface area contributed by atoms with Crippen LogP contribution in [0.15, 0.2) is 29.3 Å². The Kier molecular flexibility index (Phi) is 11.2. The van der Waals surface area contributed by atoms with E-state index in [0.29, 0.717) is 17.7 Å². The molecule has 0 spiro atoms. The predicted octanol–water partition coefficient (Wildman–Crippen LogP) is 2.89. The first-order valence-electron chi connectivity index (χ1n) is 11.7. The molecule has 1 unspecified atom stereocenters. The number of hydrogen-bond donors (Lipinski definition) is 3. The quantitative estimate of drug-likeness (QED) is 0.311. The molecule has 7 nitrogen and oxygen atoms in total. The van der Waals surface area contributed by atoms with Crippen molar-refractivity contribution in [2.45, 2.75) is 65.5 Å². The summed E-state index contributed by atoms with van der Waals surface area (Å²) in [6, 6.07) is 8.27. The molecule has 0 bridgehead atoms. The molecule has 1 aromatic carbocycles. The highest BCUT2D eigenvalue weighted by atomic mass is 16.5. The normalized spacial score (nSPS) is 14.9. The van der Waals surface area contributed by atoms with Crippen LogP contribution in [0.25, 0.3) is 0 Å². The second-order valence-corrected chi connectivity index (χ2v) is 8.24. The van der Waals surface area contributed by atoms with Gasteiger partial charge in [0.15, 0.2) is 12.6 Å². The SMILES string of the molecule is CCNC(=NCCC(OCC)C(C)C)NCCc1ccc(OCC(=O)NC2CC2)cc1. The van der Waals surface area contributed by atoms with Crippen LogP contribution in [0.1, 0.15) is 52.5 Å². The zero-order chi connectivity index (χ0) is 22.5. The van der Waals surface area contributed by atoms with Crippen LogP contribution in [0.4, 0.5) is 0 Å². The molecule has 174 valence electrons. The molecule has 1 atom stereocenters. The number of carbonyl (C=O) groups is 1. The molecule has 0 saturated heterocycles. The van der Waals surface area contributed by atoms with Crippen LogP contribution >= 0.6 is 0 Å². The first-order valence-corrected chi connectivity index (χ1v) is 11.7. The lowest BCUT2D eigenvalue weighted by Gasteiger charge is -2.20. The average Bonchev–Trinajstić information content (AvgIpc) is 3.56. The topological polar surface area (TPSA) is 84.0 Å². The van der Waals surface area contributed by atoms with Crippen molar-refractivity contribution in [2.24, 2.45) is 10.9 Å². The van der Waals surface area contributed by atoms with Crippen LogP contribution < -0.4 is 20.7 Å². The van der Waals surface area contributed by atoms with E-state index in [0.717, 1.165) is 57.9 Å². The summed E-state index contributed by atoms with van der Waals surface area (Å²) in [6.45, 7) is 11.6. The minimum Gasteiger partial charge on any atom is -0.484 e. The van der Waals surface area contributed by atoms with E-state index in [9.17, 15) is 4.79 Å². The van der Waals surface area contributed by atoms with E-state index in [1.807, 2.05) is 31.2 Å². The third-order valence-electron chi connectivity index (χ3n) is 5.09. The number of hydrogen-bond acceptors (Lipinski definition) is 4.